The summed E-state index contributed by atoms with van der Waals surface area (Å²) in [4.78, 5) is 11.6. The van der Waals surface area contributed by atoms with Gasteiger partial charge in [0.15, 0.2) is 0 Å². The second kappa shape index (κ2) is 8.24. The van der Waals surface area contributed by atoms with Gasteiger partial charge in [-0.15, -0.1) is 0 Å². The zero-order chi connectivity index (χ0) is 24.7. The van der Waals surface area contributed by atoms with Crippen molar-refractivity contribution in [2.45, 2.75) is 63.5 Å². The van der Waals surface area contributed by atoms with Crippen LogP contribution in [0.2, 0.25) is 0 Å². The quantitative estimate of drug-likeness (QED) is 0.293. The van der Waals surface area contributed by atoms with Crippen LogP contribution in [0.5, 0.6) is 0 Å². The van der Waals surface area contributed by atoms with E-state index in [0.29, 0.717) is 6.92 Å². The van der Waals surface area contributed by atoms with Gasteiger partial charge in [0.2, 0.25) is 0 Å². The van der Waals surface area contributed by atoms with Gasteiger partial charge in [0.25, 0.3) is 0 Å². The largest absolute Gasteiger partial charge is 0.465 e. The molecule has 0 aliphatic heterocycles. The Bertz CT molecular complexity index is 610. The molecule has 0 heterocycles. The zero-order valence-corrected chi connectivity index (χ0v) is 15.7. The zero-order valence-electron chi connectivity index (χ0n) is 15.7. The lowest BCUT2D eigenvalue weighted by Gasteiger charge is -2.42. The first-order valence-electron chi connectivity index (χ1n) is 8.03. The number of hydrogen-bond donors (Lipinski definition) is 0. The number of esters is 1. The Labute approximate surface area is 161 Å². The van der Waals surface area contributed by atoms with E-state index in [0.717, 1.165) is 0 Å². The molecule has 0 aliphatic carbocycles. The van der Waals surface area contributed by atoms with Gasteiger partial charge in [-0.25, -0.2) is 0 Å². The Kier molecular flexibility index (Phi) is 7.85. The van der Waals surface area contributed by atoms with Crippen molar-refractivity contribution in [3.8, 4) is 0 Å². The summed E-state index contributed by atoms with van der Waals surface area (Å²) in [6, 6.07) is 0. The number of rotatable bonds is 9. The maximum atomic E-state index is 14.0. The van der Waals surface area contributed by atoms with Crippen LogP contribution in [0.1, 0.15) is 27.7 Å². The summed E-state index contributed by atoms with van der Waals surface area (Å²) >= 11 is 0. The maximum Gasteiger partial charge on any atom is 0.460 e. The third-order valence-electron chi connectivity index (χ3n) is 4.21. The van der Waals surface area contributed by atoms with E-state index in [4.69, 9.17) is 0 Å². The Morgan fingerprint density at radius 2 is 1.03 bits per heavy atom. The molecule has 2 unspecified atom stereocenters. The number of ether oxygens (including phenoxy) is 1. The first-order chi connectivity index (χ1) is 12.9. The summed E-state index contributed by atoms with van der Waals surface area (Å²) in [5.74, 6) is -45.0. The number of halogens is 13. The highest BCUT2D eigenvalue weighted by atomic mass is 19.4. The van der Waals surface area contributed by atoms with Crippen LogP contribution in [0.25, 0.3) is 0 Å². The minimum absolute atomic E-state index is 0.0192. The van der Waals surface area contributed by atoms with Crippen LogP contribution in [0.4, 0.5) is 57.1 Å². The second-order valence-corrected chi connectivity index (χ2v) is 7.02. The fourth-order valence-corrected chi connectivity index (χ4v) is 1.97. The van der Waals surface area contributed by atoms with Crippen molar-refractivity contribution < 1.29 is 66.6 Å². The lowest BCUT2D eigenvalue weighted by atomic mass is 9.82. The highest BCUT2D eigenvalue weighted by molar-refractivity contribution is 5.72. The van der Waals surface area contributed by atoms with E-state index in [9.17, 15) is 61.9 Å². The number of carbonyl (C=O) groups is 1. The fourth-order valence-electron chi connectivity index (χ4n) is 1.97. The van der Waals surface area contributed by atoms with Gasteiger partial charge in [-0.1, -0.05) is 27.7 Å². The lowest BCUT2D eigenvalue weighted by molar-refractivity contribution is -0.443. The van der Waals surface area contributed by atoms with E-state index < -0.39 is 60.2 Å². The van der Waals surface area contributed by atoms with Gasteiger partial charge in [0, 0.05) is 5.92 Å². The molecular formula is C15H17F13O2. The van der Waals surface area contributed by atoms with E-state index in [1.54, 1.807) is 0 Å². The molecule has 2 nitrogen and oxygen atoms in total. The van der Waals surface area contributed by atoms with Crippen molar-refractivity contribution in [1.29, 1.82) is 0 Å². The minimum Gasteiger partial charge on any atom is -0.465 e. The van der Waals surface area contributed by atoms with Gasteiger partial charge in [-0.3, -0.25) is 4.79 Å². The Morgan fingerprint density at radius 1 is 0.667 bits per heavy atom. The number of carbonyl (C=O) groups excluding carboxylic acids is 1. The first-order valence-corrected chi connectivity index (χ1v) is 8.03. The molecule has 180 valence electrons. The molecular weight excluding hydrogens is 459 g/mol. The lowest BCUT2D eigenvalue weighted by Crippen LogP contribution is -2.71. The van der Waals surface area contributed by atoms with Crippen molar-refractivity contribution in [3.05, 3.63) is 0 Å². The summed E-state index contributed by atoms with van der Waals surface area (Å²) in [6.07, 6.45) is -7.47. The molecule has 30 heavy (non-hydrogen) atoms. The average molecular weight is 476 g/mol. The standard InChI is InChI=1S/C15H17F13O2/c1-6(2)5-30-9(29)7(3)8(4)10(16,17)11(18,19)12(20,21)13(22,23)14(24,25)15(26,27)28/h6-8H,5H2,1-4H3. The van der Waals surface area contributed by atoms with Crippen LogP contribution in [-0.2, 0) is 9.53 Å². The smallest absolute Gasteiger partial charge is 0.460 e. The monoisotopic (exact) mass is 476 g/mol. The fraction of sp³-hybridized carbons (Fsp3) is 0.933. The Balaban J connectivity index is 6.15. The predicted molar refractivity (Wildman–Crippen MR) is 74.9 cm³/mol. The minimum atomic E-state index is -7.97. The molecule has 2 atom stereocenters. The second-order valence-electron chi connectivity index (χ2n) is 7.02. The predicted octanol–water partition coefficient (Wildman–Crippen LogP) is 6.20. The van der Waals surface area contributed by atoms with E-state index >= 15 is 0 Å². The van der Waals surface area contributed by atoms with Crippen molar-refractivity contribution in [1.82, 2.24) is 0 Å². The highest BCUT2D eigenvalue weighted by Crippen LogP contribution is 2.61. The molecule has 0 aliphatic rings. The van der Waals surface area contributed by atoms with E-state index in [1.807, 2.05) is 0 Å². The molecule has 0 aromatic rings. The molecule has 0 N–H and O–H groups in total. The van der Waals surface area contributed by atoms with Crippen molar-refractivity contribution >= 4 is 5.97 Å². The highest BCUT2D eigenvalue weighted by Gasteiger charge is 2.91. The summed E-state index contributed by atoms with van der Waals surface area (Å²) in [5, 5.41) is 0. The van der Waals surface area contributed by atoms with Crippen LogP contribution in [0, 0.1) is 17.8 Å². The van der Waals surface area contributed by atoms with Gasteiger partial charge in [0.1, 0.15) is 0 Å². The number of alkyl halides is 13. The summed E-state index contributed by atoms with van der Waals surface area (Å²) in [5.41, 5.74) is 0. The normalized spacial score (nSPS) is 17.1. The SMILES string of the molecule is CC(C)COC(=O)C(C)C(C)C(F)(F)C(F)(F)C(F)(F)C(F)(F)C(F)(F)C(F)(F)F. The average Bonchev–Trinajstić information content (AvgIpc) is 2.56. The topological polar surface area (TPSA) is 26.3 Å². The van der Waals surface area contributed by atoms with Crippen LogP contribution in [0.3, 0.4) is 0 Å². The summed E-state index contributed by atoms with van der Waals surface area (Å²) in [7, 11) is 0. The molecule has 0 bridgehead atoms. The van der Waals surface area contributed by atoms with E-state index in [-0.39, 0.29) is 12.8 Å². The molecule has 0 spiro atoms. The maximum absolute atomic E-state index is 14.0. The van der Waals surface area contributed by atoms with Crippen LogP contribution in [0.15, 0.2) is 0 Å². The molecule has 0 amide bonds. The van der Waals surface area contributed by atoms with Crippen LogP contribution < -0.4 is 0 Å². The van der Waals surface area contributed by atoms with Gasteiger partial charge >= 0.3 is 41.8 Å². The number of hydrogen-bond acceptors (Lipinski definition) is 2. The molecule has 15 heteroatoms. The summed E-state index contributed by atoms with van der Waals surface area (Å²) < 4.78 is 175. The van der Waals surface area contributed by atoms with Gasteiger partial charge < -0.3 is 4.74 Å². The first kappa shape index (κ1) is 28.6. The molecule has 0 rings (SSSR count). The Morgan fingerprint density at radius 3 is 1.37 bits per heavy atom. The van der Waals surface area contributed by atoms with Gasteiger partial charge in [-0.2, -0.15) is 57.1 Å². The summed E-state index contributed by atoms with van der Waals surface area (Å²) in [6.45, 7) is 2.99. The van der Waals surface area contributed by atoms with E-state index in [1.165, 1.54) is 13.8 Å². The molecule has 0 fully saturated rings. The molecule has 0 aromatic heterocycles. The third kappa shape index (κ3) is 4.43. The van der Waals surface area contributed by atoms with Gasteiger partial charge in [0.05, 0.1) is 12.5 Å². The van der Waals surface area contributed by atoms with Crippen molar-refractivity contribution in [2.75, 3.05) is 6.61 Å². The van der Waals surface area contributed by atoms with Crippen LogP contribution >= 0.6 is 0 Å². The van der Waals surface area contributed by atoms with Crippen LogP contribution in [-0.4, -0.2) is 48.4 Å². The Hall–Kier alpha value is -1.44. The molecule has 0 radical (unpaired) electrons. The van der Waals surface area contributed by atoms with E-state index in [2.05, 4.69) is 4.74 Å². The third-order valence-corrected chi connectivity index (χ3v) is 4.21. The van der Waals surface area contributed by atoms with Crippen molar-refractivity contribution in [3.63, 3.8) is 0 Å². The molecule has 0 aromatic carbocycles. The molecule has 0 saturated heterocycles. The van der Waals surface area contributed by atoms with Crippen molar-refractivity contribution in [2.24, 2.45) is 17.8 Å². The molecule has 0 saturated carbocycles. The van der Waals surface area contributed by atoms with Gasteiger partial charge in [-0.05, 0) is 5.92 Å².